The topological polar surface area (TPSA) is 46.3 Å². The molecular weight excluding hydrogens is 280 g/mol. The first kappa shape index (κ1) is 14.3. The number of nitrogens with two attached hydrogens (primary N) is 1. The Morgan fingerprint density at radius 3 is 2.81 bits per heavy atom. The standard InChI is InChI=1S/C17H20N2OS/c1-17(18,9-8-14-6-4-10-21-14)12-19-11-13-5-2-3-7-15(13)16(19)20/h2-7,10H,8-9,11-12,18H2,1H3. The van der Waals surface area contributed by atoms with Gasteiger partial charge in [-0.25, -0.2) is 0 Å². The predicted molar refractivity (Wildman–Crippen MR) is 86.4 cm³/mol. The maximum Gasteiger partial charge on any atom is 0.254 e. The highest BCUT2D eigenvalue weighted by molar-refractivity contribution is 7.09. The highest BCUT2D eigenvalue weighted by Gasteiger charge is 2.31. The van der Waals surface area contributed by atoms with E-state index >= 15 is 0 Å². The molecule has 0 radical (unpaired) electrons. The normalized spacial score (nSPS) is 16.9. The van der Waals surface area contributed by atoms with Crippen LogP contribution in [0.3, 0.4) is 0 Å². The van der Waals surface area contributed by atoms with E-state index in [1.807, 2.05) is 36.1 Å². The fourth-order valence-electron chi connectivity index (χ4n) is 2.82. The summed E-state index contributed by atoms with van der Waals surface area (Å²) < 4.78 is 0. The molecule has 0 fully saturated rings. The molecule has 2 heterocycles. The van der Waals surface area contributed by atoms with Crippen molar-refractivity contribution >= 4 is 17.2 Å². The van der Waals surface area contributed by atoms with Gasteiger partial charge in [-0.3, -0.25) is 4.79 Å². The van der Waals surface area contributed by atoms with Crippen LogP contribution in [-0.4, -0.2) is 22.9 Å². The molecule has 0 spiro atoms. The first-order valence-corrected chi connectivity index (χ1v) is 8.12. The number of carbonyl (C=O) groups excluding carboxylic acids is 1. The van der Waals surface area contributed by atoms with Crippen molar-refractivity contribution < 1.29 is 4.79 Å². The fraction of sp³-hybridized carbons (Fsp3) is 0.353. The van der Waals surface area contributed by atoms with E-state index in [9.17, 15) is 4.79 Å². The molecule has 1 aromatic heterocycles. The summed E-state index contributed by atoms with van der Waals surface area (Å²) in [6.45, 7) is 3.32. The minimum atomic E-state index is -0.359. The second-order valence-corrected chi connectivity index (χ2v) is 7.08. The van der Waals surface area contributed by atoms with Crippen molar-refractivity contribution in [3.8, 4) is 0 Å². The van der Waals surface area contributed by atoms with E-state index in [0.29, 0.717) is 13.1 Å². The number of aryl methyl sites for hydroxylation is 1. The molecule has 3 rings (SSSR count). The number of fused-ring (bicyclic) bond motifs is 1. The SMILES string of the molecule is CC(N)(CCc1cccs1)CN1Cc2ccccc2C1=O. The van der Waals surface area contributed by atoms with Gasteiger partial charge < -0.3 is 10.6 Å². The van der Waals surface area contributed by atoms with Gasteiger partial charge in [-0.15, -0.1) is 11.3 Å². The Balaban J connectivity index is 1.62. The lowest BCUT2D eigenvalue weighted by atomic mass is 9.96. The van der Waals surface area contributed by atoms with Crippen LogP contribution in [-0.2, 0) is 13.0 Å². The van der Waals surface area contributed by atoms with Gasteiger partial charge in [-0.05, 0) is 42.8 Å². The van der Waals surface area contributed by atoms with Gasteiger partial charge in [0.2, 0.25) is 0 Å². The Morgan fingerprint density at radius 1 is 1.29 bits per heavy atom. The maximum absolute atomic E-state index is 12.4. The van der Waals surface area contributed by atoms with Crippen molar-refractivity contribution in [2.45, 2.75) is 31.8 Å². The first-order valence-electron chi connectivity index (χ1n) is 7.24. The van der Waals surface area contributed by atoms with Crippen LogP contribution < -0.4 is 5.73 Å². The molecule has 0 bridgehead atoms. The third-order valence-corrected chi connectivity index (χ3v) is 4.91. The van der Waals surface area contributed by atoms with Gasteiger partial charge in [0.25, 0.3) is 5.91 Å². The molecule has 4 heteroatoms. The average Bonchev–Trinajstić information content (AvgIpc) is 3.06. The largest absolute Gasteiger partial charge is 0.332 e. The summed E-state index contributed by atoms with van der Waals surface area (Å²) in [6.07, 6.45) is 1.85. The molecule has 21 heavy (non-hydrogen) atoms. The number of rotatable bonds is 5. The van der Waals surface area contributed by atoms with Gasteiger partial charge in [0, 0.05) is 29.1 Å². The monoisotopic (exact) mass is 300 g/mol. The molecule has 1 aliphatic rings. The first-order chi connectivity index (χ1) is 10.1. The van der Waals surface area contributed by atoms with Gasteiger partial charge >= 0.3 is 0 Å². The van der Waals surface area contributed by atoms with Crippen LogP contribution in [0.25, 0.3) is 0 Å². The number of thiophene rings is 1. The number of benzene rings is 1. The van der Waals surface area contributed by atoms with Crippen LogP contribution in [0.2, 0.25) is 0 Å². The molecule has 1 unspecified atom stereocenters. The van der Waals surface area contributed by atoms with Crippen LogP contribution in [0, 0.1) is 0 Å². The van der Waals surface area contributed by atoms with Crippen molar-refractivity contribution in [2.75, 3.05) is 6.54 Å². The van der Waals surface area contributed by atoms with Crippen molar-refractivity contribution in [1.29, 1.82) is 0 Å². The van der Waals surface area contributed by atoms with Crippen molar-refractivity contribution in [3.63, 3.8) is 0 Å². The predicted octanol–water partition coefficient (Wildman–Crippen LogP) is 3.05. The van der Waals surface area contributed by atoms with Crippen molar-refractivity contribution in [2.24, 2.45) is 5.73 Å². The Bertz CT molecular complexity index is 634. The number of hydrogen-bond donors (Lipinski definition) is 1. The van der Waals surface area contributed by atoms with Crippen LogP contribution in [0.15, 0.2) is 41.8 Å². The van der Waals surface area contributed by atoms with Gasteiger partial charge in [0.15, 0.2) is 0 Å². The molecule has 0 saturated carbocycles. The van der Waals surface area contributed by atoms with Crippen LogP contribution in [0.4, 0.5) is 0 Å². The maximum atomic E-state index is 12.4. The molecule has 2 aromatic rings. The van der Waals surface area contributed by atoms with Gasteiger partial charge in [0.1, 0.15) is 0 Å². The average molecular weight is 300 g/mol. The Labute approximate surface area is 129 Å². The molecule has 0 saturated heterocycles. The zero-order valence-electron chi connectivity index (χ0n) is 12.2. The Kier molecular flexibility index (Phi) is 3.83. The van der Waals surface area contributed by atoms with Gasteiger partial charge in [-0.2, -0.15) is 0 Å². The lowest BCUT2D eigenvalue weighted by Gasteiger charge is -2.30. The molecular formula is C17H20N2OS. The van der Waals surface area contributed by atoms with E-state index in [4.69, 9.17) is 5.73 Å². The zero-order chi connectivity index (χ0) is 14.9. The second kappa shape index (κ2) is 5.62. The zero-order valence-corrected chi connectivity index (χ0v) is 13.0. The van der Waals surface area contributed by atoms with E-state index in [0.717, 1.165) is 24.0 Å². The summed E-state index contributed by atoms with van der Waals surface area (Å²) in [6, 6.07) is 12.0. The van der Waals surface area contributed by atoms with Crippen LogP contribution in [0.5, 0.6) is 0 Å². The van der Waals surface area contributed by atoms with E-state index in [1.54, 1.807) is 11.3 Å². The van der Waals surface area contributed by atoms with E-state index < -0.39 is 0 Å². The molecule has 1 aliphatic heterocycles. The third kappa shape index (κ3) is 3.17. The number of hydrogen-bond acceptors (Lipinski definition) is 3. The van der Waals surface area contributed by atoms with E-state index in [1.165, 1.54) is 4.88 Å². The quantitative estimate of drug-likeness (QED) is 0.922. The minimum Gasteiger partial charge on any atom is -0.332 e. The third-order valence-electron chi connectivity index (χ3n) is 3.97. The Morgan fingerprint density at radius 2 is 2.10 bits per heavy atom. The molecule has 0 aliphatic carbocycles. The molecule has 1 atom stereocenters. The van der Waals surface area contributed by atoms with E-state index in [-0.39, 0.29) is 11.4 Å². The molecule has 1 aromatic carbocycles. The summed E-state index contributed by atoms with van der Waals surface area (Å²) in [4.78, 5) is 15.6. The van der Waals surface area contributed by atoms with Crippen molar-refractivity contribution in [1.82, 2.24) is 4.90 Å². The van der Waals surface area contributed by atoms with Gasteiger partial charge in [0.05, 0.1) is 0 Å². The number of nitrogens with zero attached hydrogens (tertiary/aromatic N) is 1. The number of amides is 1. The van der Waals surface area contributed by atoms with E-state index in [2.05, 4.69) is 17.5 Å². The fourth-order valence-corrected chi connectivity index (χ4v) is 3.53. The van der Waals surface area contributed by atoms with Crippen LogP contribution in [0.1, 0.15) is 34.1 Å². The molecule has 1 amide bonds. The van der Waals surface area contributed by atoms with Crippen LogP contribution >= 0.6 is 11.3 Å². The molecule has 2 N–H and O–H groups in total. The summed E-state index contributed by atoms with van der Waals surface area (Å²) in [5.74, 6) is 0.110. The highest BCUT2D eigenvalue weighted by Crippen LogP contribution is 2.25. The Hall–Kier alpha value is -1.65. The smallest absolute Gasteiger partial charge is 0.254 e. The number of carbonyl (C=O) groups is 1. The molecule has 110 valence electrons. The summed E-state index contributed by atoms with van der Waals surface area (Å²) in [5, 5.41) is 2.09. The second-order valence-electron chi connectivity index (χ2n) is 6.05. The summed E-state index contributed by atoms with van der Waals surface area (Å²) in [5.41, 5.74) is 8.00. The van der Waals surface area contributed by atoms with Crippen molar-refractivity contribution in [3.05, 3.63) is 57.8 Å². The minimum absolute atomic E-state index is 0.110. The highest BCUT2D eigenvalue weighted by atomic mass is 32.1. The molecule has 3 nitrogen and oxygen atoms in total. The lowest BCUT2D eigenvalue weighted by molar-refractivity contribution is 0.0739. The summed E-state index contributed by atoms with van der Waals surface area (Å²) in [7, 11) is 0. The lowest BCUT2D eigenvalue weighted by Crippen LogP contribution is -2.48. The summed E-state index contributed by atoms with van der Waals surface area (Å²) >= 11 is 1.76. The van der Waals surface area contributed by atoms with Gasteiger partial charge in [-0.1, -0.05) is 24.3 Å².